The quantitative estimate of drug-likeness (QED) is 0.211. The number of benzene rings is 1. The fraction of sp³-hybridized carbons (Fsp3) is 0.167. The maximum absolute atomic E-state index is 8.98. The molecular formula is C12H13IN4OS. The summed E-state index contributed by atoms with van der Waals surface area (Å²) in [6.07, 6.45) is 3.65. The topological polar surface area (TPSA) is 76.4 Å². The van der Waals surface area contributed by atoms with Gasteiger partial charge in [0.1, 0.15) is 0 Å². The van der Waals surface area contributed by atoms with E-state index in [-0.39, 0.29) is 5.84 Å². The van der Waals surface area contributed by atoms with Crippen molar-refractivity contribution in [3.63, 3.8) is 0 Å². The summed E-state index contributed by atoms with van der Waals surface area (Å²) in [4.78, 5) is 0.973. The second-order valence-electron chi connectivity index (χ2n) is 3.67. The lowest BCUT2D eigenvalue weighted by Crippen LogP contribution is -2.18. The third-order valence-corrected chi connectivity index (χ3v) is 3.96. The van der Waals surface area contributed by atoms with Crippen LogP contribution in [0.4, 0.5) is 0 Å². The Morgan fingerprint density at radius 3 is 2.95 bits per heavy atom. The van der Waals surface area contributed by atoms with Crippen molar-refractivity contribution in [3.8, 4) is 5.69 Å². The standard InChI is InChI=1S/C12H13IN4OS/c1-2-19-10-5-3-4-9(11(10)12(14)16-18)17-7-8(13)6-15-17/h3-7,18H,2H2,1H3,(H2,14,16). The van der Waals surface area contributed by atoms with E-state index in [9.17, 15) is 0 Å². The lowest BCUT2D eigenvalue weighted by Gasteiger charge is -2.12. The molecule has 7 heteroatoms. The molecule has 3 N–H and O–H groups in total. The summed E-state index contributed by atoms with van der Waals surface area (Å²) in [5.74, 6) is 1.00. The number of thioether (sulfide) groups is 1. The van der Waals surface area contributed by atoms with Gasteiger partial charge in [-0.25, -0.2) is 4.68 Å². The van der Waals surface area contributed by atoms with Gasteiger partial charge in [0.25, 0.3) is 0 Å². The van der Waals surface area contributed by atoms with E-state index < -0.39 is 0 Å². The smallest absolute Gasteiger partial charge is 0.173 e. The second-order valence-corrected chi connectivity index (χ2v) is 6.22. The molecule has 5 nitrogen and oxygen atoms in total. The van der Waals surface area contributed by atoms with E-state index in [0.717, 1.165) is 19.9 Å². The Morgan fingerprint density at radius 2 is 2.37 bits per heavy atom. The molecule has 0 unspecified atom stereocenters. The van der Waals surface area contributed by atoms with Crippen LogP contribution in [0.3, 0.4) is 0 Å². The average Bonchev–Trinajstić information content (AvgIpc) is 2.84. The van der Waals surface area contributed by atoms with Gasteiger partial charge in [-0.3, -0.25) is 0 Å². The number of nitrogens with zero attached hydrogens (tertiary/aromatic N) is 3. The van der Waals surface area contributed by atoms with Gasteiger partial charge in [0.15, 0.2) is 5.84 Å². The minimum Gasteiger partial charge on any atom is -0.409 e. The number of oxime groups is 1. The first kappa shape index (κ1) is 14.2. The summed E-state index contributed by atoms with van der Waals surface area (Å²) in [5, 5.41) is 16.4. The van der Waals surface area contributed by atoms with E-state index in [4.69, 9.17) is 10.9 Å². The summed E-state index contributed by atoms with van der Waals surface area (Å²) in [6, 6.07) is 5.80. The van der Waals surface area contributed by atoms with Crippen LogP contribution in [0.25, 0.3) is 5.69 Å². The van der Waals surface area contributed by atoms with Gasteiger partial charge in [-0.1, -0.05) is 18.1 Å². The van der Waals surface area contributed by atoms with Gasteiger partial charge in [0, 0.05) is 11.1 Å². The van der Waals surface area contributed by atoms with Gasteiger partial charge in [-0.15, -0.1) is 11.8 Å². The van der Waals surface area contributed by atoms with Crippen molar-refractivity contribution < 1.29 is 5.21 Å². The molecule has 2 rings (SSSR count). The number of amidine groups is 1. The molecule has 0 aliphatic carbocycles. The third kappa shape index (κ3) is 3.03. The van der Waals surface area contributed by atoms with E-state index >= 15 is 0 Å². The summed E-state index contributed by atoms with van der Waals surface area (Å²) in [7, 11) is 0. The Labute approximate surface area is 129 Å². The summed E-state index contributed by atoms with van der Waals surface area (Å²) >= 11 is 3.84. The number of hydrogen-bond donors (Lipinski definition) is 2. The van der Waals surface area contributed by atoms with Crippen LogP contribution < -0.4 is 5.73 Å². The van der Waals surface area contributed by atoms with E-state index in [2.05, 4.69) is 39.8 Å². The highest BCUT2D eigenvalue weighted by Gasteiger charge is 2.15. The molecule has 0 spiro atoms. The molecule has 1 aromatic heterocycles. The van der Waals surface area contributed by atoms with Crippen molar-refractivity contribution >= 4 is 40.2 Å². The third-order valence-electron chi connectivity index (χ3n) is 2.47. The van der Waals surface area contributed by atoms with Crippen LogP contribution in [0.15, 0.2) is 40.6 Å². The van der Waals surface area contributed by atoms with Crippen LogP contribution in [-0.2, 0) is 0 Å². The Bertz CT molecular complexity index is 612. The number of halogens is 1. The van der Waals surface area contributed by atoms with Crippen LogP contribution in [0.1, 0.15) is 12.5 Å². The van der Waals surface area contributed by atoms with E-state index in [0.29, 0.717) is 5.56 Å². The molecule has 0 radical (unpaired) electrons. The molecule has 2 aromatic rings. The maximum Gasteiger partial charge on any atom is 0.173 e. The monoisotopic (exact) mass is 388 g/mol. The number of aromatic nitrogens is 2. The minimum atomic E-state index is 0.0945. The van der Waals surface area contributed by atoms with Crippen molar-refractivity contribution in [2.24, 2.45) is 10.9 Å². The SMILES string of the molecule is CCSc1cccc(-n2cc(I)cn2)c1/C(N)=N/O. The zero-order valence-electron chi connectivity index (χ0n) is 10.2. The minimum absolute atomic E-state index is 0.0945. The molecule has 0 aliphatic heterocycles. The zero-order valence-corrected chi connectivity index (χ0v) is 13.2. The van der Waals surface area contributed by atoms with Crippen LogP contribution in [-0.4, -0.2) is 26.6 Å². The summed E-state index contributed by atoms with van der Waals surface area (Å²) in [6.45, 7) is 2.06. The number of hydrogen-bond acceptors (Lipinski definition) is 4. The summed E-state index contributed by atoms with van der Waals surface area (Å²) in [5.41, 5.74) is 7.32. The fourth-order valence-corrected chi connectivity index (χ4v) is 2.95. The highest BCUT2D eigenvalue weighted by molar-refractivity contribution is 14.1. The molecule has 1 aromatic carbocycles. The van der Waals surface area contributed by atoms with Crippen molar-refractivity contribution in [2.75, 3.05) is 5.75 Å². The highest BCUT2D eigenvalue weighted by Crippen LogP contribution is 2.27. The maximum atomic E-state index is 8.98. The molecule has 1 heterocycles. The lowest BCUT2D eigenvalue weighted by atomic mass is 10.1. The lowest BCUT2D eigenvalue weighted by molar-refractivity contribution is 0.318. The molecule has 0 amide bonds. The average molecular weight is 388 g/mol. The summed E-state index contributed by atoms with van der Waals surface area (Å²) < 4.78 is 2.76. The van der Waals surface area contributed by atoms with Crippen LogP contribution in [0, 0.1) is 3.57 Å². The van der Waals surface area contributed by atoms with Gasteiger partial charge >= 0.3 is 0 Å². The highest BCUT2D eigenvalue weighted by atomic mass is 127. The van der Waals surface area contributed by atoms with Crippen molar-refractivity contribution in [2.45, 2.75) is 11.8 Å². The molecular weight excluding hydrogens is 375 g/mol. The van der Waals surface area contributed by atoms with Crippen molar-refractivity contribution in [1.29, 1.82) is 0 Å². The van der Waals surface area contributed by atoms with Gasteiger partial charge in [-0.05, 0) is 40.5 Å². The van der Waals surface area contributed by atoms with Crippen LogP contribution in [0.5, 0.6) is 0 Å². The van der Waals surface area contributed by atoms with Gasteiger partial charge in [0.05, 0.1) is 21.0 Å². The molecule has 0 fully saturated rings. The molecule has 100 valence electrons. The van der Waals surface area contributed by atoms with E-state index in [1.54, 1.807) is 22.6 Å². The molecule has 0 saturated carbocycles. The molecule has 0 bridgehead atoms. The Balaban J connectivity index is 2.63. The Kier molecular flexibility index (Phi) is 4.70. The second kappa shape index (κ2) is 6.29. The zero-order chi connectivity index (χ0) is 13.8. The first-order valence-corrected chi connectivity index (χ1v) is 7.68. The van der Waals surface area contributed by atoms with Gasteiger partial charge in [0.2, 0.25) is 0 Å². The fourth-order valence-electron chi connectivity index (χ4n) is 1.73. The predicted molar refractivity (Wildman–Crippen MR) is 85.2 cm³/mol. The van der Waals surface area contributed by atoms with Crippen LogP contribution in [0.2, 0.25) is 0 Å². The first-order valence-electron chi connectivity index (χ1n) is 5.61. The van der Waals surface area contributed by atoms with Crippen molar-refractivity contribution in [1.82, 2.24) is 9.78 Å². The predicted octanol–water partition coefficient (Wildman–Crippen LogP) is 2.68. The first-order chi connectivity index (χ1) is 9.17. The van der Waals surface area contributed by atoms with Gasteiger partial charge in [-0.2, -0.15) is 5.10 Å². The van der Waals surface area contributed by atoms with Gasteiger partial charge < -0.3 is 10.9 Å². The van der Waals surface area contributed by atoms with E-state index in [1.165, 1.54) is 0 Å². The van der Waals surface area contributed by atoms with Crippen molar-refractivity contribution in [3.05, 3.63) is 39.7 Å². The molecule has 0 aliphatic rings. The Hall–Kier alpha value is -1.22. The largest absolute Gasteiger partial charge is 0.409 e. The number of nitrogens with two attached hydrogens (primary N) is 1. The van der Waals surface area contributed by atoms with Crippen LogP contribution >= 0.6 is 34.4 Å². The molecule has 19 heavy (non-hydrogen) atoms. The normalized spacial score (nSPS) is 11.8. The Morgan fingerprint density at radius 1 is 1.58 bits per heavy atom. The molecule has 0 atom stereocenters. The number of rotatable bonds is 4. The van der Waals surface area contributed by atoms with E-state index in [1.807, 2.05) is 24.4 Å². The molecule has 0 saturated heterocycles.